The molecule has 212 valence electrons. The van der Waals surface area contributed by atoms with Gasteiger partial charge >= 0.3 is 0 Å². The number of hydrogen-bond acceptors (Lipinski definition) is 4. The Labute approximate surface area is 238 Å². The first-order valence-corrected chi connectivity index (χ1v) is 15.4. The first-order chi connectivity index (χ1) is 19.2. The van der Waals surface area contributed by atoms with Crippen molar-refractivity contribution in [2.75, 3.05) is 10.8 Å². The highest BCUT2D eigenvalue weighted by Gasteiger charge is 2.35. The van der Waals surface area contributed by atoms with Gasteiger partial charge in [-0.05, 0) is 68.0 Å². The topological polar surface area (TPSA) is 86.8 Å². The largest absolute Gasteiger partial charge is 0.352 e. The molecule has 1 fully saturated rings. The second-order valence-electron chi connectivity index (χ2n) is 10.5. The molecule has 1 aliphatic rings. The maximum absolute atomic E-state index is 14.2. The van der Waals surface area contributed by atoms with Crippen molar-refractivity contribution in [1.82, 2.24) is 10.2 Å². The van der Waals surface area contributed by atoms with Gasteiger partial charge in [-0.3, -0.25) is 13.9 Å². The fraction of sp³-hybridized carbons (Fsp3) is 0.375. The Morgan fingerprint density at radius 3 is 2.17 bits per heavy atom. The van der Waals surface area contributed by atoms with Crippen LogP contribution < -0.4 is 9.62 Å². The maximum atomic E-state index is 14.2. The highest BCUT2D eigenvalue weighted by Crippen LogP contribution is 2.29. The number of sulfonamides is 1. The van der Waals surface area contributed by atoms with E-state index < -0.39 is 28.5 Å². The SMILES string of the molecule is CCC(C(=O)NC1CCCC1)N(Cc1ccccc1)C(=O)CN(c1cc(C)ccc1C)S(=O)(=O)c1ccccc1. The van der Waals surface area contributed by atoms with Crippen LogP contribution in [0.5, 0.6) is 0 Å². The van der Waals surface area contributed by atoms with Crippen molar-refractivity contribution in [3.05, 3.63) is 95.6 Å². The molecule has 7 nitrogen and oxygen atoms in total. The number of nitrogens with zero attached hydrogens (tertiary/aromatic N) is 2. The summed E-state index contributed by atoms with van der Waals surface area (Å²) in [7, 11) is -4.08. The molecule has 4 rings (SSSR count). The van der Waals surface area contributed by atoms with E-state index in [9.17, 15) is 18.0 Å². The minimum atomic E-state index is -4.08. The van der Waals surface area contributed by atoms with Crippen molar-refractivity contribution in [3.8, 4) is 0 Å². The Kier molecular flexibility index (Phi) is 9.63. The van der Waals surface area contributed by atoms with Gasteiger partial charge < -0.3 is 10.2 Å². The number of rotatable bonds is 11. The third-order valence-electron chi connectivity index (χ3n) is 7.53. The monoisotopic (exact) mass is 561 g/mol. The van der Waals surface area contributed by atoms with Crippen molar-refractivity contribution in [3.63, 3.8) is 0 Å². The molecule has 0 saturated heterocycles. The third kappa shape index (κ3) is 6.91. The van der Waals surface area contributed by atoms with E-state index in [4.69, 9.17) is 0 Å². The Morgan fingerprint density at radius 2 is 1.55 bits per heavy atom. The van der Waals surface area contributed by atoms with Gasteiger partial charge in [-0.1, -0.05) is 80.4 Å². The van der Waals surface area contributed by atoms with Crippen LogP contribution in [0, 0.1) is 13.8 Å². The summed E-state index contributed by atoms with van der Waals surface area (Å²) in [5, 5.41) is 3.14. The normalized spacial score (nSPS) is 14.5. The lowest BCUT2D eigenvalue weighted by Gasteiger charge is -2.34. The second-order valence-corrected chi connectivity index (χ2v) is 12.4. The number of carbonyl (C=O) groups is 2. The first kappa shape index (κ1) is 29.3. The van der Waals surface area contributed by atoms with Crippen molar-refractivity contribution < 1.29 is 18.0 Å². The summed E-state index contributed by atoms with van der Waals surface area (Å²) in [5.74, 6) is -0.624. The van der Waals surface area contributed by atoms with Crippen molar-refractivity contribution in [2.24, 2.45) is 0 Å². The van der Waals surface area contributed by atoms with Gasteiger partial charge in [0.05, 0.1) is 10.6 Å². The highest BCUT2D eigenvalue weighted by molar-refractivity contribution is 7.92. The smallest absolute Gasteiger partial charge is 0.264 e. The predicted molar refractivity (Wildman–Crippen MR) is 158 cm³/mol. The number of aryl methyl sites for hydroxylation is 2. The Bertz CT molecular complexity index is 1400. The average Bonchev–Trinajstić information content (AvgIpc) is 3.47. The summed E-state index contributed by atoms with van der Waals surface area (Å²) < 4.78 is 29.2. The fourth-order valence-corrected chi connectivity index (χ4v) is 6.78. The molecule has 3 aromatic carbocycles. The van der Waals surface area contributed by atoms with Gasteiger partial charge in [0.15, 0.2) is 0 Å². The summed E-state index contributed by atoms with van der Waals surface area (Å²) in [6, 6.07) is 22.6. The lowest BCUT2D eigenvalue weighted by molar-refractivity contribution is -0.140. The zero-order chi connectivity index (χ0) is 28.7. The van der Waals surface area contributed by atoms with E-state index in [1.807, 2.05) is 63.2 Å². The molecular formula is C32H39N3O4S. The standard InChI is InChI=1S/C32H39N3O4S/c1-4-29(32(37)33-27-15-11-12-16-27)34(22-26-13-7-5-8-14-26)31(36)23-35(30-21-24(2)19-20-25(30)3)40(38,39)28-17-9-6-10-18-28/h5-10,13-14,17-21,27,29H,4,11-12,15-16,22-23H2,1-3H3,(H,33,37). The Morgan fingerprint density at radius 1 is 0.925 bits per heavy atom. The molecule has 8 heteroatoms. The minimum Gasteiger partial charge on any atom is -0.352 e. The Balaban J connectivity index is 1.72. The molecule has 0 heterocycles. The van der Waals surface area contributed by atoms with Gasteiger partial charge in [0.2, 0.25) is 11.8 Å². The van der Waals surface area contributed by atoms with Crippen molar-refractivity contribution in [1.29, 1.82) is 0 Å². The lowest BCUT2D eigenvalue weighted by Crippen LogP contribution is -2.53. The third-order valence-corrected chi connectivity index (χ3v) is 9.30. The van der Waals surface area contributed by atoms with Crippen LogP contribution in [0.15, 0.2) is 83.8 Å². The van der Waals surface area contributed by atoms with Crippen LogP contribution in [-0.2, 0) is 26.2 Å². The van der Waals surface area contributed by atoms with Gasteiger partial charge in [-0.15, -0.1) is 0 Å². The van der Waals surface area contributed by atoms with Gasteiger partial charge in [0, 0.05) is 12.6 Å². The number of carbonyl (C=O) groups excluding carboxylic acids is 2. The van der Waals surface area contributed by atoms with E-state index in [1.165, 1.54) is 21.3 Å². The molecule has 2 amide bonds. The first-order valence-electron chi connectivity index (χ1n) is 14.0. The molecule has 1 unspecified atom stereocenters. The van der Waals surface area contributed by atoms with E-state index in [-0.39, 0.29) is 23.4 Å². The molecule has 0 spiro atoms. The lowest BCUT2D eigenvalue weighted by atomic mass is 10.1. The van der Waals surface area contributed by atoms with Gasteiger partial charge in [-0.2, -0.15) is 0 Å². The number of amides is 2. The highest BCUT2D eigenvalue weighted by atomic mass is 32.2. The van der Waals surface area contributed by atoms with Crippen molar-refractivity contribution >= 4 is 27.5 Å². The van der Waals surface area contributed by atoms with E-state index in [0.29, 0.717) is 12.1 Å². The molecule has 1 aliphatic carbocycles. The number of benzene rings is 3. The van der Waals surface area contributed by atoms with E-state index in [0.717, 1.165) is 42.4 Å². The molecule has 1 saturated carbocycles. The van der Waals surface area contributed by atoms with Crippen LogP contribution in [0.2, 0.25) is 0 Å². The van der Waals surface area contributed by atoms with E-state index in [1.54, 1.807) is 24.3 Å². The van der Waals surface area contributed by atoms with E-state index in [2.05, 4.69) is 5.32 Å². The fourth-order valence-electron chi connectivity index (χ4n) is 5.29. The zero-order valence-corrected chi connectivity index (χ0v) is 24.4. The second kappa shape index (κ2) is 13.1. The van der Waals surface area contributed by atoms with Gasteiger partial charge in [-0.25, -0.2) is 8.42 Å². The maximum Gasteiger partial charge on any atom is 0.264 e. The summed E-state index contributed by atoms with van der Waals surface area (Å²) in [4.78, 5) is 29.3. The van der Waals surface area contributed by atoms with E-state index >= 15 is 0 Å². The molecule has 0 bridgehead atoms. The number of anilines is 1. The quantitative estimate of drug-likeness (QED) is 0.341. The molecule has 0 aromatic heterocycles. The van der Waals surface area contributed by atoms with Gasteiger partial charge in [0.25, 0.3) is 10.0 Å². The number of hydrogen-bond donors (Lipinski definition) is 1. The van der Waals surface area contributed by atoms with Gasteiger partial charge in [0.1, 0.15) is 12.6 Å². The molecule has 1 atom stereocenters. The summed E-state index contributed by atoms with van der Waals surface area (Å²) in [6.07, 6.45) is 4.44. The minimum absolute atomic E-state index is 0.101. The summed E-state index contributed by atoms with van der Waals surface area (Å²) >= 11 is 0. The van der Waals surface area contributed by atoms with Crippen molar-refractivity contribution in [2.45, 2.75) is 76.4 Å². The van der Waals surface area contributed by atoms with Crippen LogP contribution in [-0.4, -0.2) is 43.8 Å². The van der Waals surface area contributed by atoms with Crippen LogP contribution in [0.25, 0.3) is 0 Å². The van der Waals surface area contributed by atoms with Crippen LogP contribution in [0.4, 0.5) is 5.69 Å². The molecule has 0 aliphatic heterocycles. The zero-order valence-electron chi connectivity index (χ0n) is 23.5. The molecule has 40 heavy (non-hydrogen) atoms. The number of nitrogens with one attached hydrogen (secondary N) is 1. The molecular weight excluding hydrogens is 522 g/mol. The van der Waals surface area contributed by atoms with Crippen LogP contribution in [0.1, 0.15) is 55.7 Å². The summed E-state index contributed by atoms with van der Waals surface area (Å²) in [5.41, 5.74) is 2.93. The molecule has 1 N–H and O–H groups in total. The average molecular weight is 562 g/mol. The predicted octanol–water partition coefficient (Wildman–Crippen LogP) is 5.36. The molecule has 3 aromatic rings. The summed E-state index contributed by atoms with van der Waals surface area (Å²) in [6.45, 7) is 5.37. The Hall–Kier alpha value is -3.65. The van der Waals surface area contributed by atoms with Crippen LogP contribution >= 0.6 is 0 Å². The molecule has 0 radical (unpaired) electrons. The van der Waals surface area contributed by atoms with Crippen LogP contribution in [0.3, 0.4) is 0 Å².